The lowest BCUT2D eigenvalue weighted by Crippen LogP contribution is -2.38. The molecule has 2 N–H and O–H groups in total. The second-order valence-corrected chi connectivity index (χ2v) is 4.31. The van der Waals surface area contributed by atoms with Gasteiger partial charge in [-0.1, -0.05) is 42.5 Å². The summed E-state index contributed by atoms with van der Waals surface area (Å²) in [6.07, 6.45) is -1.12. The normalized spacial score (nSPS) is 28.6. The van der Waals surface area contributed by atoms with Gasteiger partial charge in [-0.05, 0) is 5.56 Å². The first-order valence-corrected chi connectivity index (χ1v) is 5.96. The Bertz CT molecular complexity index is 456. The number of aliphatic hydroxyl groups excluding tert-OH is 2. The van der Waals surface area contributed by atoms with Crippen LogP contribution in [0.15, 0.2) is 36.4 Å². The third-order valence-corrected chi connectivity index (χ3v) is 3.01. The third-order valence-electron chi connectivity index (χ3n) is 3.01. The largest absolute Gasteiger partial charge is 0.454 e. The highest BCUT2D eigenvalue weighted by Crippen LogP contribution is 2.22. The van der Waals surface area contributed by atoms with Crippen molar-refractivity contribution >= 4 is 12.0 Å². The summed E-state index contributed by atoms with van der Waals surface area (Å²) in [7, 11) is 1.31. The van der Waals surface area contributed by atoms with Gasteiger partial charge in [-0.25, -0.2) is 4.79 Å². The summed E-state index contributed by atoms with van der Waals surface area (Å²) in [5.41, 5.74) is 0.906. The quantitative estimate of drug-likeness (QED) is 0.768. The number of carbonyl (C=O) groups excluding carboxylic acids is 1. The molecule has 5 nitrogen and oxygen atoms in total. The Morgan fingerprint density at radius 3 is 2.63 bits per heavy atom. The first-order chi connectivity index (χ1) is 9.13. The third kappa shape index (κ3) is 3.01. The van der Waals surface area contributed by atoms with Crippen molar-refractivity contribution < 1.29 is 24.5 Å². The molecule has 0 amide bonds. The van der Waals surface area contributed by atoms with Crippen molar-refractivity contribution in [3.63, 3.8) is 0 Å². The number of hydrogen-bond donors (Lipinski definition) is 2. The van der Waals surface area contributed by atoms with Crippen LogP contribution in [0.5, 0.6) is 0 Å². The highest BCUT2D eigenvalue weighted by molar-refractivity contribution is 5.78. The van der Waals surface area contributed by atoms with E-state index in [1.165, 1.54) is 13.2 Å². The average molecular weight is 264 g/mol. The Kier molecular flexibility index (Phi) is 4.31. The molecule has 1 aromatic carbocycles. The minimum atomic E-state index is -1.17. The highest BCUT2D eigenvalue weighted by atomic mass is 16.6. The van der Waals surface area contributed by atoms with Crippen molar-refractivity contribution in [1.29, 1.82) is 0 Å². The number of ether oxygens (including phenoxy) is 2. The van der Waals surface area contributed by atoms with E-state index in [9.17, 15) is 15.0 Å². The van der Waals surface area contributed by atoms with Crippen LogP contribution in [0, 0.1) is 0 Å². The van der Waals surface area contributed by atoms with Crippen LogP contribution in [0.1, 0.15) is 5.56 Å². The van der Waals surface area contributed by atoms with Crippen LogP contribution in [0.25, 0.3) is 6.08 Å². The van der Waals surface area contributed by atoms with Gasteiger partial charge in [-0.2, -0.15) is 0 Å². The number of aliphatic hydroxyl groups is 2. The maximum Gasteiger partial charge on any atom is 0.338 e. The van der Waals surface area contributed by atoms with Gasteiger partial charge in [0, 0.05) is 7.11 Å². The molecule has 1 aliphatic heterocycles. The Labute approximate surface area is 111 Å². The molecule has 5 heteroatoms. The zero-order valence-corrected chi connectivity index (χ0v) is 10.5. The van der Waals surface area contributed by atoms with E-state index in [0.29, 0.717) is 0 Å². The van der Waals surface area contributed by atoms with Crippen LogP contribution in [0.3, 0.4) is 0 Å². The summed E-state index contributed by atoms with van der Waals surface area (Å²) in [6.45, 7) is 0. The predicted octanol–water partition coefficient (Wildman–Crippen LogP) is 0.362. The molecule has 1 fully saturated rings. The van der Waals surface area contributed by atoms with E-state index in [1.54, 1.807) is 6.08 Å². The first kappa shape index (κ1) is 13.7. The molecule has 1 saturated heterocycles. The number of esters is 1. The molecular formula is C14H16O5. The van der Waals surface area contributed by atoms with Gasteiger partial charge in [-0.3, -0.25) is 0 Å². The molecule has 102 valence electrons. The van der Waals surface area contributed by atoms with Crippen LogP contribution in [0.4, 0.5) is 0 Å². The average Bonchev–Trinajstić information content (AvgIpc) is 2.72. The Morgan fingerprint density at radius 2 is 2.05 bits per heavy atom. The topological polar surface area (TPSA) is 76.0 Å². The van der Waals surface area contributed by atoms with E-state index in [1.807, 2.05) is 30.3 Å². The molecular weight excluding hydrogens is 248 g/mol. The summed E-state index contributed by atoms with van der Waals surface area (Å²) in [5.74, 6) is -0.660. The number of methoxy groups -OCH3 is 1. The van der Waals surface area contributed by atoms with Gasteiger partial charge in [0.1, 0.15) is 12.2 Å². The van der Waals surface area contributed by atoms with Crippen LogP contribution in [-0.4, -0.2) is 47.7 Å². The second-order valence-electron chi connectivity index (χ2n) is 4.31. The molecule has 19 heavy (non-hydrogen) atoms. The number of rotatable bonds is 4. The van der Waals surface area contributed by atoms with Crippen molar-refractivity contribution in [2.24, 2.45) is 0 Å². The summed E-state index contributed by atoms with van der Waals surface area (Å²) >= 11 is 0. The maximum absolute atomic E-state index is 11.4. The minimum Gasteiger partial charge on any atom is -0.454 e. The second kappa shape index (κ2) is 5.97. The Morgan fingerprint density at radius 1 is 1.37 bits per heavy atom. The van der Waals surface area contributed by atoms with E-state index in [0.717, 1.165) is 5.56 Å². The molecule has 0 spiro atoms. The number of cyclic esters (lactones) is 1. The van der Waals surface area contributed by atoms with E-state index in [-0.39, 0.29) is 0 Å². The van der Waals surface area contributed by atoms with Gasteiger partial charge in [0.15, 0.2) is 12.2 Å². The van der Waals surface area contributed by atoms with Crippen molar-refractivity contribution in [1.82, 2.24) is 0 Å². The van der Waals surface area contributed by atoms with Crippen LogP contribution < -0.4 is 0 Å². The maximum atomic E-state index is 11.4. The number of benzene rings is 1. The zero-order valence-electron chi connectivity index (χ0n) is 10.5. The smallest absolute Gasteiger partial charge is 0.338 e. The molecule has 0 bridgehead atoms. The van der Waals surface area contributed by atoms with Crippen LogP contribution in [0.2, 0.25) is 0 Å². The molecule has 1 aliphatic rings. The lowest BCUT2D eigenvalue weighted by molar-refractivity contribution is -0.150. The molecule has 0 aromatic heterocycles. The fourth-order valence-electron chi connectivity index (χ4n) is 1.97. The lowest BCUT2D eigenvalue weighted by Gasteiger charge is -2.17. The fraction of sp³-hybridized carbons (Fsp3) is 0.357. The molecule has 2 unspecified atom stereocenters. The first-order valence-electron chi connectivity index (χ1n) is 5.96. The molecule has 0 radical (unpaired) electrons. The monoisotopic (exact) mass is 264 g/mol. The summed E-state index contributed by atoms with van der Waals surface area (Å²) in [4.78, 5) is 11.4. The van der Waals surface area contributed by atoms with Crippen molar-refractivity contribution in [3.05, 3.63) is 42.0 Å². The van der Waals surface area contributed by atoms with Crippen LogP contribution in [-0.2, 0) is 14.3 Å². The van der Waals surface area contributed by atoms with Crippen molar-refractivity contribution in [3.8, 4) is 0 Å². The number of carbonyl (C=O) groups is 1. The van der Waals surface area contributed by atoms with E-state index in [4.69, 9.17) is 9.47 Å². The Balaban J connectivity index is 2.03. The lowest BCUT2D eigenvalue weighted by atomic mass is 10.0. The van der Waals surface area contributed by atoms with Gasteiger partial charge in [0.05, 0.1) is 0 Å². The van der Waals surface area contributed by atoms with Gasteiger partial charge in [0.2, 0.25) is 0 Å². The molecule has 1 heterocycles. The molecule has 4 atom stereocenters. The highest BCUT2D eigenvalue weighted by Gasteiger charge is 2.46. The fourth-order valence-corrected chi connectivity index (χ4v) is 1.97. The van der Waals surface area contributed by atoms with Gasteiger partial charge < -0.3 is 19.7 Å². The van der Waals surface area contributed by atoms with Crippen molar-refractivity contribution in [2.75, 3.05) is 7.11 Å². The standard InChI is InChI=1S/C14H16O5/c1-18-13-11(16)12(19-14(13)17)10(15)8-7-9-5-3-2-4-6-9/h2-8,10-13,15-16H,1H3/b8-7+/t10-,11?,12?,13-/m1/s1. The predicted molar refractivity (Wildman–Crippen MR) is 68.2 cm³/mol. The SMILES string of the molecule is CO[C@H]1C(=O)OC([C@H](O)/C=C/c2ccccc2)C1O. The molecule has 1 aromatic rings. The van der Waals surface area contributed by atoms with Gasteiger partial charge >= 0.3 is 5.97 Å². The van der Waals surface area contributed by atoms with E-state index < -0.39 is 30.4 Å². The van der Waals surface area contributed by atoms with Gasteiger partial charge in [0.25, 0.3) is 0 Å². The van der Waals surface area contributed by atoms with E-state index >= 15 is 0 Å². The minimum absolute atomic E-state index is 0.660. The molecule has 0 aliphatic carbocycles. The summed E-state index contributed by atoms with van der Waals surface area (Å²) < 4.78 is 9.73. The zero-order chi connectivity index (χ0) is 13.8. The van der Waals surface area contributed by atoms with Crippen molar-refractivity contribution in [2.45, 2.75) is 24.4 Å². The molecule has 2 rings (SSSR count). The van der Waals surface area contributed by atoms with Gasteiger partial charge in [-0.15, -0.1) is 0 Å². The Hall–Kier alpha value is -1.69. The summed E-state index contributed by atoms with van der Waals surface area (Å²) in [6, 6.07) is 9.38. The van der Waals surface area contributed by atoms with E-state index in [2.05, 4.69) is 0 Å². The van der Waals surface area contributed by atoms with Crippen LogP contribution >= 0.6 is 0 Å². The number of hydrogen-bond acceptors (Lipinski definition) is 5. The molecule has 0 saturated carbocycles. The summed E-state index contributed by atoms with van der Waals surface area (Å²) in [5, 5.41) is 19.8.